The molecule has 1 atom stereocenters. The van der Waals surface area contributed by atoms with Gasteiger partial charge in [0, 0.05) is 17.7 Å². The number of hydrogen-bond acceptors (Lipinski definition) is 6. The van der Waals surface area contributed by atoms with Crippen molar-refractivity contribution >= 4 is 32.6 Å². The average Bonchev–Trinajstić information content (AvgIpc) is 3.09. The van der Waals surface area contributed by atoms with Gasteiger partial charge in [-0.25, -0.2) is 19.3 Å². The van der Waals surface area contributed by atoms with E-state index in [1.54, 1.807) is 12.1 Å². The number of nitrogens with zero attached hydrogens (tertiary/aromatic N) is 3. The van der Waals surface area contributed by atoms with E-state index in [1.165, 1.54) is 17.4 Å². The third-order valence-corrected chi connectivity index (χ3v) is 5.48. The molecule has 0 saturated carbocycles. The van der Waals surface area contributed by atoms with Crippen molar-refractivity contribution in [3.8, 4) is 22.2 Å². The first-order valence-electron chi connectivity index (χ1n) is 9.13. The lowest BCUT2D eigenvalue weighted by Crippen LogP contribution is -2.11. The monoisotopic (exact) mass is 432 g/mol. The van der Waals surface area contributed by atoms with E-state index in [4.69, 9.17) is 4.74 Å². The minimum Gasteiger partial charge on any atom is -0.487 e. The molecule has 0 aliphatic heterocycles. The fraction of sp³-hybridized carbons (Fsp3) is 0.238. The fourth-order valence-corrected chi connectivity index (χ4v) is 3.96. The molecule has 5 nitrogen and oxygen atoms in total. The van der Waals surface area contributed by atoms with Crippen LogP contribution >= 0.6 is 11.3 Å². The highest BCUT2D eigenvalue weighted by atomic mass is 32.1. The zero-order valence-corrected chi connectivity index (χ0v) is 17.1. The third-order valence-electron chi connectivity index (χ3n) is 4.43. The third kappa shape index (κ3) is 4.02. The zero-order valence-electron chi connectivity index (χ0n) is 16.3. The normalized spacial score (nSPS) is 12.6. The van der Waals surface area contributed by atoms with Gasteiger partial charge in [-0.1, -0.05) is 6.92 Å². The van der Waals surface area contributed by atoms with Crippen LogP contribution in [0.3, 0.4) is 0 Å². The van der Waals surface area contributed by atoms with E-state index in [0.29, 0.717) is 27.1 Å². The van der Waals surface area contributed by atoms with Gasteiger partial charge in [0.05, 0.1) is 33.6 Å². The van der Waals surface area contributed by atoms with Crippen molar-refractivity contribution in [1.82, 2.24) is 15.0 Å². The number of ether oxygens (including phenoxy) is 2. The quantitative estimate of drug-likeness (QED) is 0.377. The Morgan fingerprint density at radius 3 is 2.60 bits per heavy atom. The van der Waals surface area contributed by atoms with Crippen molar-refractivity contribution in [1.29, 1.82) is 0 Å². The lowest BCUT2D eigenvalue weighted by Gasteiger charge is -2.12. The maximum Gasteiger partial charge on any atom is 0.388 e. The van der Waals surface area contributed by atoms with E-state index in [9.17, 15) is 13.2 Å². The van der Waals surface area contributed by atoms with E-state index in [1.807, 2.05) is 33.3 Å². The topological polar surface area (TPSA) is 57.1 Å². The smallest absolute Gasteiger partial charge is 0.388 e. The number of benzene rings is 2. The summed E-state index contributed by atoms with van der Waals surface area (Å²) in [7, 11) is 0. The molecule has 155 valence electrons. The van der Waals surface area contributed by atoms with Gasteiger partial charge >= 0.3 is 6.61 Å². The minimum absolute atomic E-state index is 0.158. The number of thiazole rings is 1. The molecule has 0 N–H and O–H groups in total. The first-order valence-corrected chi connectivity index (χ1v) is 9.94. The first-order chi connectivity index (χ1) is 14.3. The molecule has 0 amide bonds. The van der Waals surface area contributed by atoms with Crippen molar-refractivity contribution in [2.24, 2.45) is 0 Å². The van der Waals surface area contributed by atoms with Crippen LogP contribution in [-0.4, -0.2) is 27.7 Å². The van der Waals surface area contributed by atoms with Gasteiger partial charge < -0.3 is 9.47 Å². The predicted molar refractivity (Wildman–Crippen MR) is 110 cm³/mol. The number of alkyl halides is 2. The van der Waals surface area contributed by atoms with Gasteiger partial charge in [-0.3, -0.25) is 0 Å². The van der Waals surface area contributed by atoms with Gasteiger partial charge in [0.1, 0.15) is 5.01 Å². The number of rotatable bonds is 6. The standard InChI is InChI=1S/C21H17F3N3O2S/c1-4-11(3)28-16-8-17-14(7-13(16)22)27-20(30-17)12-5-10(2)6-15-19(12)25-9-18(26-15)29-21(23)24/h4-9,11,21H,1-3H3/t11-/m0/s1. The van der Waals surface area contributed by atoms with Crippen LogP contribution in [0.25, 0.3) is 31.8 Å². The Hall–Kier alpha value is -2.94. The molecule has 4 aromatic rings. The van der Waals surface area contributed by atoms with Crippen molar-refractivity contribution in [3.63, 3.8) is 0 Å². The van der Waals surface area contributed by atoms with Crippen molar-refractivity contribution in [3.05, 3.63) is 48.3 Å². The Morgan fingerprint density at radius 2 is 1.87 bits per heavy atom. The summed E-state index contributed by atoms with van der Waals surface area (Å²) in [6, 6.07) is 6.57. The molecule has 0 aliphatic carbocycles. The van der Waals surface area contributed by atoms with Crippen LogP contribution < -0.4 is 9.47 Å². The molecule has 0 aliphatic rings. The van der Waals surface area contributed by atoms with Crippen LogP contribution in [0.5, 0.6) is 11.6 Å². The highest BCUT2D eigenvalue weighted by Gasteiger charge is 2.17. The Bertz CT molecular complexity index is 1230. The number of fused-ring (bicyclic) bond motifs is 2. The van der Waals surface area contributed by atoms with E-state index in [2.05, 4.69) is 19.7 Å². The molecule has 0 saturated heterocycles. The van der Waals surface area contributed by atoms with E-state index < -0.39 is 12.4 Å². The lowest BCUT2D eigenvalue weighted by molar-refractivity contribution is -0.0528. The van der Waals surface area contributed by atoms with Gasteiger partial charge in [0.2, 0.25) is 5.88 Å². The fourth-order valence-electron chi connectivity index (χ4n) is 2.96. The van der Waals surface area contributed by atoms with Crippen LogP contribution in [-0.2, 0) is 0 Å². The van der Waals surface area contributed by atoms with Gasteiger partial charge in [-0.05, 0) is 38.0 Å². The Labute approximate surface area is 174 Å². The van der Waals surface area contributed by atoms with Gasteiger partial charge in [-0.2, -0.15) is 8.78 Å². The summed E-state index contributed by atoms with van der Waals surface area (Å²) in [5.74, 6) is -0.592. The van der Waals surface area contributed by atoms with E-state index in [-0.39, 0.29) is 17.7 Å². The van der Waals surface area contributed by atoms with Crippen molar-refractivity contribution < 1.29 is 22.6 Å². The van der Waals surface area contributed by atoms with Crippen LogP contribution in [0, 0.1) is 19.2 Å². The van der Waals surface area contributed by atoms with E-state index in [0.717, 1.165) is 16.5 Å². The number of hydrogen-bond donors (Lipinski definition) is 0. The van der Waals surface area contributed by atoms with Gasteiger partial charge in [0.15, 0.2) is 11.6 Å². The molecular formula is C21H17F3N3O2S. The molecule has 4 rings (SSSR count). The molecule has 0 fully saturated rings. The molecule has 2 aromatic heterocycles. The molecule has 9 heteroatoms. The van der Waals surface area contributed by atoms with Crippen LogP contribution in [0.2, 0.25) is 0 Å². The first kappa shape index (κ1) is 20.3. The largest absolute Gasteiger partial charge is 0.487 e. The number of halogens is 3. The average molecular weight is 432 g/mol. The molecule has 2 heterocycles. The van der Waals surface area contributed by atoms with Crippen molar-refractivity contribution in [2.75, 3.05) is 0 Å². The highest BCUT2D eigenvalue weighted by Crippen LogP contribution is 2.37. The molecule has 0 unspecified atom stereocenters. The summed E-state index contributed by atoms with van der Waals surface area (Å²) in [6.07, 6.45) is 2.74. The Kier molecular flexibility index (Phi) is 5.46. The van der Waals surface area contributed by atoms with Gasteiger partial charge in [0.25, 0.3) is 0 Å². The van der Waals surface area contributed by atoms with Crippen LogP contribution in [0.15, 0.2) is 30.5 Å². The minimum atomic E-state index is -2.98. The molecule has 1 radical (unpaired) electrons. The second-order valence-corrected chi connectivity index (χ2v) is 7.72. The second kappa shape index (κ2) is 8.06. The molecule has 2 aromatic carbocycles. The number of aryl methyl sites for hydroxylation is 1. The maximum absolute atomic E-state index is 14.4. The SMILES string of the molecule is C[CH][C@H](C)Oc1cc2sc(-c3cc(C)cc4nc(OC(F)F)cnc34)nc2cc1F. The summed E-state index contributed by atoms with van der Waals surface area (Å²) in [6.45, 7) is 2.54. The summed E-state index contributed by atoms with van der Waals surface area (Å²) < 4.78 is 50.1. The molecule has 0 spiro atoms. The summed E-state index contributed by atoms with van der Waals surface area (Å²) in [5, 5.41) is 0.613. The lowest BCUT2D eigenvalue weighted by atomic mass is 10.1. The second-order valence-electron chi connectivity index (χ2n) is 6.69. The molecule has 30 heavy (non-hydrogen) atoms. The molecule has 0 bridgehead atoms. The maximum atomic E-state index is 14.4. The summed E-state index contributed by atoms with van der Waals surface area (Å²) in [5.41, 5.74) is 2.92. The van der Waals surface area contributed by atoms with Crippen LogP contribution in [0.4, 0.5) is 13.2 Å². The molecular weight excluding hydrogens is 415 g/mol. The van der Waals surface area contributed by atoms with Gasteiger partial charge in [-0.15, -0.1) is 11.3 Å². The zero-order chi connectivity index (χ0) is 21.4. The van der Waals surface area contributed by atoms with Crippen LogP contribution in [0.1, 0.15) is 19.4 Å². The number of aromatic nitrogens is 3. The summed E-state index contributed by atoms with van der Waals surface area (Å²) >= 11 is 1.36. The Balaban J connectivity index is 1.81. The van der Waals surface area contributed by atoms with E-state index >= 15 is 0 Å². The van der Waals surface area contributed by atoms with Crippen molar-refractivity contribution in [2.45, 2.75) is 33.5 Å². The summed E-state index contributed by atoms with van der Waals surface area (Å²) in [4.78, 5) is 12.9. The highest BCUT2D eigenvalue weighted by molar-refractivity contribution is 7.21. The Morgan fingerprint density at radius 1 is 1.07 bits per heavy atom. The predicted octanol–water partition coefficient (Wildman–Crippen LogP) is 5.95.